The maximum absolute atomic E-state index is 5.47. The minimum atomic E-state index is 0.843. The molecule has 0 heterocycles. The predicted molar refractivity (Wildman–Crippen MR) is 89.9 cm³/mol. The zero-order valence-corrected chi connectivity index (χ0v) is 13.5. The van der Waals surface area contributed by atoms with Gasteiger partial charge in [0.05, 0.1) is 7.11 Å². The molecule has 0 aliphatic heterocycles. The highest BCUT2D eigenvalue weighted by Crippen LogP contribution is 2.28. The smallest absolute Gasteiger partial charge is 0.123 e. The van der Waals surface area contributed by atoms with Crippen molar-refractivity contribution in [3.05, 3.63) is 53.1 Å². The Kier molecular flexibility index (Phi) is 5.40. The molecule has 0 saturated heterocycles. The van der Waals surface area contributed by atoms with E-state index in [0.29, 0.717) is 0 Å². The largest absolute Gasteiger partial charge is 0.496 e. The summed E-state index contributed by atoms with van der Waals surface area (Å²) >= 11 is 0. The zero-order valence-electron chi connectivity index (χ0n) is 13.5. The van der Waals surface area contributed by atoms with Crippen LogP contribution in [0.5, 0.6) is 5.75 Å². The van der Waals surface area contributed by atoms with Crippen molar-refractivity contribution < 1.29 is 4.74 Å². The molecule has 21 heavy (non-hydrogen) atoms. The van der Waals surface area contributed by atoms with Crippen LogP contribution in [-0.2, 0) is 6.54 Å². The van der Waals surface area contributed by atoms with Gasteiger partial charge in [0.1, 0.15) is 5.75 Å². The van der Waals surface area contributed by atoms with Crippen molar-refractivity contribution in [2.24, 2.45) is 0 Å². The average molecular weight is 283 g/mol. The first kappa shape index (κ1) is 15.6. The lowest BCUT2D eigenvalue weighted by atomic mass is 9.98. The lowest BCUT2D eigenvalue weighted by molar-refractivity contribution is 0.408. The van der Waals surface area contributed by atoms with E-state index in [1.54, 1.807) is 7.11 Å². The summed E-state index contributed by atoms with van der Waals surface area (Å²) < 4.78 is 5.47. The third kappa shape index (κ3) is 4.08. The van der Waals surface area contributed by atoms with E-state index >= 15 is 0 Å². The van der Waals surface area contributed by atoms with Crippen molar-refractivity contribution in [3.8, 4) is 16.9 Å². The fourth-order valence-electron chi connectivity index (χ4n) is 2.64. The van der Waals surface area contributed by atoms with E-state index in [1.165, 1.54) is 27.8 Å². The first-order valence-corrected chi connectivity index (χ1v) is 7.60. The summed E-state index contributed by atoms with van der Waals surface area (Å²) in [5.74, 6) is 0.951. The van der Waals surface area contributed by atoms with E-state index < -0.39 is 0 Å². The molecule has 0 radical (unpaired) electrons. The molecule has 0 aliphatic rings. The van der Waals surface area contributed by atoms with Crippen LogP contribution in [0.25, 0.3) is 11.1 Å². The van der Waals surface area contributed by atoms with Crippen molar-refractivity contribution in [2.75, 3.05) is 13.7 Å². The van der Waals surface area contributed by atoms with E-state index in [2.05, 4.69) is 62.5 Å². The Labute approximate surface area is 128 Å². The summed E-state index contributed by atoms with van der Waals surface area (Å²) in [7, 11) is 1.73. The van der Waals surface area contributed by atoms with Gasteiger partial charge in [0, 0.05) is 12.1 Å². The third-order valence-electron chi connectivity index (χ3n) is 3.58. The molecule has 2 heteroatoms. The Morgan fingerprint density at radius 1 is 0.952 bits per heavy atom. The van der Waals surface area contributed by atoms with E-state index in [0.717, 1.165) is 25.3 Å². The van der Waals surface area contributed by atoms with E-state index in [4.69, 9.17) is 4.74 Å². The van der Waals surface area contributed by atoms with Crippen molar-refractivity contribution in [1.82, 2.24) is 5.32 Å². The zero-order chi connectivity index (χ0) is 15.2. The fraction of sp³-hybridized carbons (Fsp3) is 0.368. The number of ether oxygens (including phenoxy) is 1. The van der Waals surface area contributed by atoms with Crippen LogP contribution in [0.4, 0.5) is 0 Å². The molecule has 0 amide bonds. The van der Waals surface area contributed by atoms with Crippen molar-refractivity contribution in [2.45, 2.75) is 33.7 Å². The number of benzene rings is 2. The Morgan fingerprint density at radius 3 is 2.29 bits per heavy atom. The minimum absolute atomic E-state index is 0.843. The maximum Gasteiger partial charge on any atom is 0.123 e. The minimum Gasteiger partial charge on any atom is -0.496 e. The fourth-order valence-corrected chi connectivity index (χ4v) is 2.64. The van der Waals surface area contributed by atoms with Gasteiger partial charge in [-0.05, 0) is 50.1 Å². The SMILES string of the molecule is CCCNCc1cc(-c2cc(C)cc(C)c2)ccc1OC. The quantitative estimate of drug-likeness (QED) is 0.789. The summed E-state index contributed by atoms with van der Waals surface area (Å²) in [6, 6.07) is 13.1. The van der Waals surface area contributed by atoms with Crippen LogP contribution in [0.15, 0.2) is 36.4 Å². The van der Waals surface area contributed by atoms with Crippen LogP contribution >= 0.6 is 0 Å². The number of aryl methyl sites for hydroxylation is 2. The lowest BCUT2D eigenvalue weighted by Crippen LogP contribution is -2.14. The predicted octanol–water partition coefficient (Wildman–Crippen LogP) is 4.48. The molecule has 2 rings (SSSR count). The van der Waals surface area contributed by atoms with Gasteiger partial charge in [-0.1, -0.05) is 42.3 Å². The van der Waals surface area contributed by atoms with Gasteiger partial charge in [-0.15, -0.1) is 0 Å². The maximum atomic E-state index is 5.47. The van der Waals surface area contributed by atoms with Gasteiger partial charge in [-0.3, -0.25) is 0 Å². The first-order valence-electron chi connectivity index (χ1n) is 7.60. The highest BCUT2D eigenvalue weighted by atomic mass is 16.5. The molecule has 112 valence electrons. The summed E-state index contributed by atoms with van der Waals surface area (Å²) in [6.07, 6.45) is 1.14. The first-order chi connectivity index (χ1) is 10.1. The van der Waals surface area contributed by atoms with Gasteiger partial charge >= 0.3 is 0 Å². The summed E-state index contributed by atoms with van der Waals surface area (Å²) in [5, 5.41) is 3.45. The second kappa shape index (κ2) is 7.28. The van der Waals surface area contributed by atoms with Crippen molar-refractivity contribution in [3.63, 3.8) is 0 Å². The van der Waals surface area contributed by atoms with Gasteiger partial charge in [0.15, 0.2) is 0 Å². The molecule has 0 aromatic heterocycles. The third-order valence-corrected chi connectivity index (χ3v) is 3.58. The highest BCUT2D eigenvalue weighted by molar-refractivity contribution is 5.67. The number of methoxy groups -OCH3 is 1. The van der Waals surface area contributed by atoms with Gasteiger partial charge in [0.2, 0.25) is 0 Å². The van der Waals surface area contributed by atoms with Crippen LogP contribution in [0.2, 0.25) is 0 Å². The lowest BCUT2D eigenvalue weighted by Gasteiger charge is -2.12. The topological polar surface area (TPSA) is 21.3 Å². The molecule has 0 bridgehead atoms. The molecule has 0 atom stereocenters. The second-order valence-corrected chi connectivity index (χ2v) is 5.58. The highest BCUT2D eigenvalue weighted by Gasteiger charge is 2.06. The number of nitrogens with one attached hydrogen (secondary N) is 1. The van der Waals surface area contributed by atoms with Gasteiger partial charge < -0.3 is 10.1 Å². The standard InChI is InChI=1S/C19H25NO/c1-5-8-20-13-18-12-16(6-7-19(18)21-4)17-10-14(2)9-15(3)11-17/h6-7,9-12,20H,5,8,13H2,1-4H3. The van der Waals surface area contributed by atoms with Crippen molar-refractivity contribution >= 4 is 0 Å². The molecule has 2 nitrogen and oxygen atoms in total. The van der Waals surface area contributed by atoms with Crippen LogP contribution in [0, 0.1) is 13.8 Å². The Morgan fingerprint density at radius 2 is 1.67 bits per heavy atom. The van der Waals surface area contributed by atoms with Crippen molar-refractivity contribution in [1.29, 1.82) is 0 Å². The summed E-state index contributed by atoms with van der Waals surface area (Å²) in [4.78, 5) is 0. The van der Waals surface area contributed by atoms with E-state index in [-0.39, 0.29) is 0 Å². The Hall–Kier alpha value is -1.80. The van der Waals surface area contributed by atoms with Gasteiger partial charge in [-0.25, -0.2) is 0 Å². The number of hydrogen-bond acceptors (Lipinski definition) is 2. The van der Waals surface area contributed by atoms with Crippen LogP contribution in [0.3, 0.4) is 0 Å². The average Bonchev–Trinajstić information content (AvgIpc) is 2.46. The van der Waals surface area contributed by atoms with E-state index in [1.807, 2.05) is 0 Å². The molecule has 0 aliphatic carbocycles. The molecule has 2 aromatic rings. The normalized spacial score (nSPS) is 10.7. The van der Waals surface area contributed by atoms with Gasteiger partial charge in [0.25, 0.3) is 0 Å². The second-order valence-electron chi connectivity index (χ2n) is 5.58. The van der Waals surface area contributed by atoms with Crippen LogP contribution < -0.4 is 10.1 Å². The molecular weight excluding hydrogens is 258 g/mol. The molecule has 0 saturated carbocycles. The molecule has 0 fully saturated rings. The molecule has 0 unspecified atom stereocenters. The van der Waals surface area contributed by atoms with Crippen LogP contribution in [0.1, 0.15) is 30.0 Å². The molecule has 2 aromatic carbocycles. The number of rotatable bonds is 6. The molecule has 0 spiro atoms. The summed E-state index contributed by atoms with van der Waals surface area (Å²) in [6.45, 7) is 8.33. The number of hydrogen-bond donors (Lipinski definition) is 1. The molecular formula is C19H25NO. The monoisotopic (exact) mass is 283 g/mol. The van der Waals surface area contributed by atoms with Crippen LogP contribution in [-0.4, -0.2) is 13.7 Å². The molecule has 1 N–H and O–H groups in total. The Balaban J connectivity index is 2.33. The Bertz CT molecular complexity index is 584. The summed E-state index contributed by atoms with van der Waals surface area (Å²) in [5.41, 5.74) is 6.32. The van der Waals surface area contributed by atoms with Gasteiger partial charge in [-0.2, -0.15) is 0 Å². The van der Waals surface area contributed by atoms with E-state index in [9.17, 15) is 0 Å².